The van der Waals surface area contributed by atoms with E-state index in [0.717, 1.165) is 84.9 Å². The monoisotopic (exact) mass is 675 g/mol. The van der Waals surface area contributed by atoms with Crippen LogP contribution in [0.4, 0.5) is 0 Å². The van der Waals surface area contributed by atoms with Crippen LogP contribution in [0.1, 0.15) is 184 Å². The SMILES string of the molecule is CC(C)CCCC(C)C1CCC2C3CC=C4CC(OC(=O)[C@@]5(C)CCC6(C)C(CCC7CC(C(C)C)CCC76)C5)CCC4(C)C3CCC12C. The molecule has 7 aliphatic carbocycles. The zero-order valence-corrected chi connectivity index (χ0v) is 33.8. The molecule has 0 aromatic heterocycles. The zero-order chi connectivity index (χ0) is 34.9. The van der Waals surface area contributed by atoms with Crippen molar-refractivity contribution in [3.63, 3.8) is 0 Å². The summed E-state index contributed by atoms with van der Waals surface area (Å²) in [6.07, 6.45) is 27.7. The third-order valence-corrected chi connectivity index (χ3v) is 18.6. The molecule has 0 radical (unpaired) electrons. The van der Waals surface area contributed by atoms with Crippen molar-refractivity contribution in [2.24, 2.45) is 86.8 Å². The highest BCUT2D eigenvalue weighted by Crippen LogP contribution is 2.68. The van der Waals surface area contributed by atoms with E-state index in [1.807, 2.05) is 0 Å². The van der Waals surface area contributed by atoms with Crippen molar-refractivity contribution in [3.8, 4) is 0 Å². The van der Waals surface area contributed by atoms with Gasteiger partial charge >= 0.3 is 5.97 Å². The van der Waals surface area contributed by atoms with Gasteiger partial charge in [0.05, 0.1) is 5.41 Å². The van der Waals surface area contributed by atoms with Gasteiger partial charge in [-0.15, -0.1) is 0 Å². The van der Waals surface area contributed by atoms with Crippen LogP contribution in [-0.4, -0.2) is 12.1 Å². The van der Waals surface area contributed by atoms with Crippen LogP contribution in [0, 0.1) is 86.8 Å². The van der Waals surface area contributed by atoms with Gasteiger partial charge in [-0.2, -0.15) is 0 Å². The molecule has 0 heterocycles. The Balaban J connectivity index is 0.964. The van der Waals surface area contributed by atoms with E-state index < -0.39 is 0 Å². The highest BCUT2D eigenvalue weighted by atomic mass is 16.5. The smallest absolute Gasteiger partial charge is 0.312 e. The molecule has 7 aliphatic rings. The van der Waals surface area contributed by atoms with Gasteiger partial charge in [-0.1, -0.05) is 86.3 Å². The maximum Gasteiger partial charge on any atom is 0.312 e. The molecule has 0 saturated heterocycles. The van der Waals surface area contributed by atoms with Gasteiger partial charge in [0.15, 0.2) is 0 Å². The van der Waals surface area contributed by atoms with Gasteiger partial charge in [0, 0.05) is 6.42 Å². The summed E-state index contributed by atoms with van der Waals surface area (Å²) < 4.78 is 6.62. The van der Waals surface area contributed by atoms with Gasteiger partial charge in [0.25, 0.3) is 0 Å². The number of allylic oxidation sites excluding steroid dienone is 1. The van der Waals surface area contributed by atoms with E-state index in [0.29, 0.717) is 22.2 Å². The average molecular weight is 675 g/mol. The van der Waals surface area contributed by atoms with E-state index in [-0.39, 0.29) is 17.5 Å². The van der Waals surface area contributed by atoms with Crippen LogP contribution >= 0.6 is 0 Å². The maximum absolute atomic E-state index is 14.1. The summed E-state index contributed by atoms with van der Waals surface area (Å²) in [5.41, 5.74) is 2.66. The van der Waals surface area contributed by atoms with Gasteiger partial charge in [-0.05, 0) is 185 Å². The topological polar surface area (TPSA) is 26.3 Å². The van der Waals surface area contributed by atoms with Crippen LogP contribution in [-0.2, 0) is 9.53 Å². The third-order valence-electron chi connectivity index (χ3n) is 18.6. The standard InChI is InChI=1S/C47H78O2/c1-30(2)11-10-12-32(5)39-19-20-41-38-17-16-35-28-37(21-23-45(35,7)42(38)22-24-47(39,41)9)49-43(48)44(6)25-26-46(8)36(29-44)15-13-34-27-33(31(3)4)14-18-40(34)46/h16,30-34,36-42H,10-15,17-29H2,1-9H3/t32?,33?,34?,36?,37?,38?,39?,40?,41?,42?,44-,45?,46?,47?/m0/s1. The van der Waals surface area contributed by atoms with E-state index in [2.05, 4.69) is 68.4 Å². The first-order valence-electron chi connectivity index (χ1n) is 22.1. The van der Waals surface area contributed by atoms with Crippen molar-refractivity contribution < 1.29 is 9.53 Å². The molecule has 0 aromatic carbocycles. The van der Waals surface area contributed by atoms with E-state index in [9.17, 15) is 4.79 Å². The highest BCUT2D eigenvalue weighted by molar-refractivity contribution is 5.77. The summed E-state index contributed by atoms with van der Waals surface area (Å²) in [7, 11) is 0. The molecule has 278 valence electrons. The second kappa shape index (κ2) is 13.6. The van der Waals surface area contributed by atoms with Gasteiger partial charge in [-0.3, -0.25) is 4.79 Å². The fourth-order valence-electron chi connectivity index (χ4n) is 15.3. The number of hydrogen-bond acceptors (Lipinski definition) is 2. The zero-order valence-electron chi connectivity index (χ0n) is 33.8. The lowest BCUT2D eigenvalue weighted by atomic mass is 9.46. The minimum absolute atomic E-state index is 0.0898. The van der Waals surface area contributed by atoms with Crippen molar-refractivity contribution in [3.05, 3.63) is 11.6 Å². The molecule has 0 aromatic rings. The summed E-state index contributed by atoms with van der Waals surface area (Å²) in [6, 6.07) is 0. The average Bonchev–Trinajstić information content (AvgIpc) is 3.42. The molecule has 2 nitrogen and oxygen atoms in total. The predicted octanol–water partition coefficient (Wildman–Crippen LogP) is 13.2. The minimum atomic E-state index is -0.294. The summed E-state index contributed by atoms with van der Waals surface area (Å²) in [5.74, 6) is 9.65. The summed E-state index contributed by atoms with van der Waals surface area (Å²) in [5, 5.41) is 0. The molecule has 13 unspecified atom stereocenters. The Morgan fingerprint density at radius 3 is 2.33 bits per heavy atom. The Kier molecular flexibility index (Phi) is 10.1. The Morgan fingerprint density at radius 1 is 0.796 bits per heavy atom. The molecular formula is C47H78O2. The Hall–Kier alpha value is -0.790. The number of rotatable bonds is 8. The molecule has 6 saturated carbocycles. The van der Waals surface area contributed by atoms with Crippen LogP contribution in [0.3, 0.4) is 0 Å². The van der Waals surface area contributed by atoms with E-state index in [1.165, 1.54) is 96.3 Å². The van der Waals surface area contributed by atoms with Gasteiger partial charge < -0.3 is 4.74 Å². The molecule has 7 rings (SSSR count). The molecular weight excluding hydrogens is 597 g/mol. The number of ether oxygens (including phenoxy) is 1. The highest BCUT2D eigenvalue weighted by Gasteiger charge is 2.60. The van der Waals surface area contributed by atoms with Gasteiger partial charge in [0.2, 0.25) is 0 Å². The first-order valence-corrected chi connectivity index (χ1v) is 22.1. The molecule has 0 N–H and O–H groups in total. The van der Waals surface area contributed by atoms with Crippen LogP contribution < -0.4 is 0 Å². The molecule has 0 spiro atoms. The van der Waals surface area contributed by atoms with Crippen molar-refractivity contribution in [2.75, 3.05) is 0 Å². The second-order valence-electron chi connectivity index (χ2n) is 21.8. The van der Waals surface area contributed by atoms with E-state index in [1.54, 1.807) is 5.57 Å². The lowest BCUT2D eigenvalue weighted by Gasteiger charge is -2.59. The number of fused-ring (bicyclic) bond motifs is 8. The summed E-state index contributed by atoms with van der Waals surface area (Å²) in [4.78, 5) is 14.1. The van der Waals surface area contributed by atoms with Crippen molar-refractivity contribution in [2.45, 2.75) is 190 Å². The van der Waals surface area contributed by atoms with E-state index >= 15 is 0 Å². The number of carbonyl (C=O) groups excluding carboxylic acids is 1. The van der Waals surface area contributed by atoms with Gasteiger partial charge in [-0.25, -0.2) is 0 Å². The molecule has 49 heavy (non-hydrogen) atoms. The van der Waals surface area contributed by atoms with Crippen molar-refractivity contribution >= 4 is 5.97 Å². The van der Waals surface area contributed by atoms with Crippen LogP contribution in [0.25, 0.3) is 0 Å². The fraction of sp³-hybridized carbons (Fsp3) is 0.936. The summed E-state index contributed by atoms with van der Waals surface area (Å²) in [6.45, 7) is 22.5. The Labute approximate surface area is 303 Å². The molecule has 0 aliphatic heterocycles. The summed E-state index contributed by atoms with van der Waals surface area (Å²) >= 11 is 0. The van der Waals surface area contributed by atoms with Crippen molar-refractivity contribution in [1.29, 1.82) is 0 Å². The van der Waals surface area contributed by atoms with Crippen LogP contribution in [0.2, 0.25) is 0 Å². The molecule has 0 bridgehead atoms. The largest absolute Gasteiger partial charge is 0.462 e. The normalized spacial score (nSPS) is 48.5. The first kappa shape index (κ1) is 36.6. The fourth-order valence-corrected chi connectivity index (χ4v) is 15.3. The lowest BCUT2D eigenvalue weighted by molar-refractivity contribution is -0.173. The molecule has 2 heteroatoms. The first-order chi connectivity index (χ1) is 23.2. The maximum atomic E-state index is 14.1. The lowest BCUT2D eigenvalue weighted by Crippen LogP contribution is -2.53. The van der Waals surface area contributed by atoms with Crippen molar-refractivity contribution in [1.82, 2.24) is 0 Å². The second-order valence-corrected chi connectivity index (χ2v) is 21.8. The third kappa shape index (κ3) is 6.36. The number of hydrogen-bond donors (Lipinski definition) is 0. The van der Waals surface area contributed by atoms with E-state index in [4.69, 9.17) is 4.74 Å². The molecule has 6 fully saturated rings. The molecule has 14 atom stereocenters. The number of esters is 1. The minimum Gasteiger partial charge on any atom is -0.462 e. The van der Waals surface area contributed by atoms with Crippen LogP contribution in [0.15, 0.2) is 11.6 Å². The predicted molar refractivity (Wildman–Crippen MR) is 205 cm³/mol. The molecule has 0 amide bonds. The Morgan fingerprint density at radius 2 is 1.57 bits per heavy atom. The quantitative estimate of drug-likeness (QED) is 0.189. The number of carbonyl (C=O) groups is 1. The Bertz CT molecular complexity index is 1230. The van der Waals surface area contributed by atoms with Gasteiger partial charge in [0.1, 0.15) is 6.10 Å². The van der Waals surface area contributed by atoms with Crippen LogP contribution in [0.5, 0.6) is 0 Å².